The highest BCUT2D eigenvalue weighted by molar-refractivity contribution is 8.00. The van der Waals surface area contributed by atoms with Crippen LogP contribution in [0.1, 0.15) is 29.3 Å². The Bertz CT molecular complexity index is 1740. The second-order valence-electron chi connectivity index (χ2n) is 9.86. The van der Waals surface area contributed by atoms with Gasteiger partial charge in [-0.25, -0.2) is 0 Å². The maximum Gasteiger partial charge on any atom is 0.272 e. The average molecular weight is 626 g/mol. The highest BCUT2D eigenvalue weighted by Crippen LogP contribution is 2.35. The van der Waals surface area contributed by atoms with Gasteiger partial charge in [0.2, 0.25) is 12.7 Å². The smallest absolute Gasteiger partial charge is 0.272 e. The average Bonchev–Trinajstić information content (AvgIpc) is 3.52. The molecule has 4 N–H and O–H groups in total. The number of benzene rings is 4. The summed E-state index contributed by atoms with van der Waals surface area (Å²) in [5, 5.41) is 17.9. The Labute approximate surface area is 264 Å². The molecule has 1 aliphatic rings. The van der Waals surface area contributed by atoms with E-state index >= 15 is 0 Å². The lowest BCUT2D eigenvalue weighted by molar-refractivity contribution is -0.116. The van der Waals surface area contributed by atoms with Crippen LogP contribution in [0.5, 0.6) is 23.0 Å². The lowest BCUT2D eigenvalue weighted by atomic mass is 10.1. The van der Waals surface area contributed by atoms with E-state index in [4.69, 9.17) is 14.2 Å². The largest absolute Gasteiger partial charge is 0.508 e. The van der Waals surface area contributed by atoms with E-state index < -0.39 is 17.1 Å². The van der Waals surface area contributed by atoms with Gasteiger partial charge in [-0.3, -0.25) is 14.4 Å². The van der Waals surface area contributed by atoms with E-state index in [1.165, 1.54) is 37.1 Å². The third kappa shape index (κ3) is 7.95. The first-order valence-corrected chi connectivity index (χ1v) is 14.9. The van der Waals surface area contributed by atoms with Crippen LogP contribution in [0.2, 0.25) is 0 Å². The van der Waals surface area contributed by atoms with Crippen molar-refractivity contribution in [3.8, 4) is 23.0 Å². The van der Waals surface area contributed by atoms with Crippen LogP contribution in [0, 0.1) is 0 Å². The van der Waals surface area contributed by atoms with Crippen molar-refractivity contribution in [1.82, 2.24) is 5.32 Å². The highest BCUT2D eigenvalue weighted by Gasteiger charge is 2.21. The van der Waals surface area contributed by atoms with E-state index in [-0.39, 0.29) is 24.1 Å². The van der Waals surface area contributed by atoms with Crippen LogP contribution >= 0.6 is 11.8 Å². The number of anilines is 2. The van der Waals surface area contributed by atoms with Crippen LogP contribution in [0.25, 0.3) is 6.08 Å². The van der Waals surface area contributed by atoms with E-state index in [1.54, 1.807) is 72.8 Å². The number of ether oxygens (including phenoxy) is 3. The fourth-order valence-electron chi connectivity index (χ4n) is 4.45. The van der Waals surface area contributed by atoms with Crippen LogP contribution < -0.4 is 30.2 Å². The molecule has 1 heterocycles. The fraction of sp³-hybridized carbons (Fsp3) is 0.147. The van der Waals surface area contributed by atoms with Gasteiger partial charge in [0.1, 0.15) is 17.2 Å². The molecule has 1 aliphatic heterocycles. The summed E-state index contributed by atoms with van der Waals surface area (Å²) in [6, 6.07) is 25.3. The molecular weight excluding hydrogens is 594 g/mol. The molecule has 1 atom stereocenters. The van der Waals surface area contributed by atoms with Gasteiger partial charge in [0.25, 0.3) is 11.8 Å². The van der Waals surface area contributed by atoms with E-state index in [2.05, 4.69) is 16.0 Å². The first-order chi connectivity index (χ1) is 21.8. The lowest BCUT2D eigenvalue weighted by Crippen LogP contribution is -2.30. The quantitative estimate of drug-likeness (QED) is 0.117. The van der Waals surface area contributed by atoms with E-state index in [9.17, 15) is 19.5 Å². The molecule has 230 valence electrons. The van der Waals surface area contributed by atoms with Gasteiger partial charge >= 0.3 is 0 Å². The molecule has 4 aromatic carbocycles. The van der Waals surface area contributed by atoms with Crippen molar-refractivity contribution < 1.29 is 33.7 Å². The van der Waals surface area contributed by atoms with Gasteiger partial charge in [-0.15, -0.1) is 11.8 Å². The minimum absolute atomic E-state index is 0.00686. The maximum atomic E-state index is 13.6. The van der Waals surface area contributed by atoms with Gasteiger partial charge < -0.3 is 35.3 Å². The Balaban J connectivity index is 1.32. The molecule has 45 heavy (non-hydrogen) atoms. The zero-order valence-electron chi connectivity index (χ0n) is 24.5. The molecule has 0 aromatic heterocycles. The second-order valence-corrected chi connectivity index (χ2v) is 11.1. The lowest BCUT2D eigenvalue weighted by Gasteiger charge is -2.16. The fourth-order valence-corrected chi connectivity index (χ4v) is 5.46. The number of fused-ring (bicyclic) bond motifs is 1. The van der Waals surface area contributed by atoms with Crippen molar-refractivity contribution in [2.75, 3.05) is 24.5 Å². The number of carbonyl (C=O) groups is 3. The van der Waals surface area contributed by atoms with Crippen LogP contribution in [-0.4, -0.2) is 42.0 Å². The number of thioether (sulfide) groups is 1. The Kier molecular flexibility index (Phi) is 9.90. The normalized spacial score (nSPS) is 12.6. The van der Waals surface area contributed by atoms with Crippen molar-refractivity contribution in [3.05, 3.63) is 108 Å². The molecular formula is C34H31N3O7S. The molecule has 0 saturated heterocycles. The molecule has 1 unspecified atom stereocenters. The van der Waals surface area contributed by atoms with Crippen LogP contribution in [0.15, 0.2) is 102 Å². The minimum Gasteiger partial charge on any atom is -0.508 e. The van der Waals surface area contributed by atoms with Gasteiger partial charge in [-0.1, -0.05) is 31.2 Å². The number of phenols is 1. The van der Waals surface area contributed by atoms with E-state index in [0.29, 0.717) is 46.2 Å². The summed E-state index contributed by atoms with van der Waals surface area (Å²) in [6.07, 6.45) is 2.03. The van der Waals surface area contributed by atoms with E-state index in [1.807, 2.05) is 13.0 Å². The molecule has 0 fully saturated rings. The molecule has 3 amide bonds. The number of aromatic hydroxyl groups is 1. The summed E-state index contributed by atoms with van der Waals surface area (Å²) in [5.74, 6) is 0.294. The van der Waals surface area contributed by atoms with Gasteiger partial charge in [0.15, 0.2) is 11.5 Å². The van der Waals surface area contributed by atoms with Crippen LogP contribution in [0.4, 0.5) is 11.4 Å². The Hall–Kier alpha value is -5.42. The van der Waals surface area contributed by atoms with Crippen molar-refractivity contribution in [1.29, 1.82) is 0 Å². The molecule has 0 radical (unpaired) electrons. The Morgan fingerprint density at radius 1 is 0.911 bits per heavy atom. The first-order valence-electron chi connectivity index (χ1n) is 14.1. The summed E-state index contributed by atoms with van der Waals surface area (Å²) < 4.78 is 16.1. The molecule has 4 aromatic rings. The number of phenolic OH excluding ortho intramolecular Hbond substituents is 1. The summed E-state index contributed by atoms with van der Waals surface area (Å²) in [4.78, 5) is 40.5. The van der Waals surface area contributed by atoms with Crippen molar-refractivity contribution in [2.45, 2.75) is 23.5 Å². The number of carbonyl (C=O) groups excluding carboxylic acids is 3. The summed E-state index contributed by atoms with van der Waals surface area (Å²) in [6.45, 7) is 2.07. The number of methoxy groups -OCH3 is 1. The Morgan fingerprint density at radius 3 is 2.47 bits per heavy atom. The predicted octanol–water partition coefficient (Wildman–Crippen LogP) is 6.05. The number of rotatable bonds is 11. The second kappa shape index (κ2) is 14.4. The van der Waals surface area contributed by atoms with Crippen molar-refractivity contribution in [2.24, 2.45) is 0 Å². The van der Waals surface area contributed by atoms with Gasteiger partial charge in [-0.2, -0.15) is 0 Å². The summed E-state index contributed by atoms with van der Waals surface area (Å²) >= 11 is 1.36. The standard InChI is InChI=1S/C34H31N3O7S/c1-3-31(34(41)36-24-13-15-28-30(18-24)44-20-43-28)45-26-11-7-10-23(17-26)35-33(40)27(37-32(39)21-8-5-4-6-9-21)16-22-12-14-25(38)19-29(22)42-2/h4-19,31,38H,3,20H2,1-2H3,(H,35,40)(H,36,41)(H,37,39)/b27-16+. The monoisotopic (exact) mass is 625 g/mol. The summed E-state index contributed by atoms with van der Waals surface area (Å²) in [5.41, 5.74) is 1.87. The molecule has 0 aliphatic carbocycles. The third-order valence-electron chi connectivity index (χ3n) is 6.72. The number of nitrogens with one attached hydrogen (secondary N) is 3. The zero-order chi connectivity index (χ0) is 31.8. The first kappa shape index (κ1) is 31.0. The van der Waals surface area contributed by atoms with Crippen molar-refractivity contribution >= 4 is 46.9 Å². The zero-order valence-corrected chi connectivity index (χ0v) is 25.4. The SMILES string of the molecule is CCC(Sc1cccc(NC(=O)/C(=C\c2ccc(O)cc2OC)NC(=O)c2ccccc2)c1)C(=O)Nc1ccc2c(c1)OCO2. The molecule has 0 spiro atoms. The minimum atomic E-state index is -0.579. The molecule has 0 saturated carbocycles. The Morgan fingerprint density at radius 2 is 1.69 bits per heavy atom. The number of hydrogen-bond donors (Lipinski definition) is 4. The highest BCUT2D eigenvalue weighted by atomic mass is 32.2. The molecule has 0 bridgehead atoms. The van der Waals surface area contributed by atoms with Crippen LogP contribution in [-0.2, 0) is 9.59 Å². The molecule has 10 nitrogen and oxygen atoms in total. The van der Waals surface area contributed by atoms with Gasteiger partial charge in [0.05, 0.1) is 12.4 Å². The van der Waals surface area contributed by atoms with Crippen LogP contribution in [0.3, 0.4) is 0 Å². The van der Waals surface area contributed by atoms with Crippen molar-refractivity contribution in [3.63, 3.8) is 0 Å². The predicted molar refractivity (Wildman–Crippen MR) is 173 cm³/mol. The van der Waals surface area contributed by atoms with Gasteiger partial charge in [0, 0.05) is 39.5 Å². The molecule has 5 rings (SSSR count). The third-order valence-corrected chi connectivity index (χ3v) is 8.08. The van der Waals surface area contributed by atoms with E-state index in [0.717, 1.165) is 4.90 Å². The summed E-state index contributed by atoms with van der Waals surface area (Å²) in [7, 11) is 1.44. The van der Waals surface area contributed by atoms with Gasteiger partial charge in [-0.05, 0) is 67.1 Å². The number of amides is 3. The maximum absolute atomic E-state index is 13.6. The topological polar surface area (TPSA) is 135 Å². The number of hydrogen-bond acceptors (Lipinski definition) is 8. The molecule has 11 heteroatoms.